The number of benzene rings is 1. The molecule has 0 N–H and O–H groups in total. The minimum Gasteiger partial charge on any atom is -0.326 e. The number of amides is 1. The molecular formula is C18H22N6OS. The Morgan fingerprint density at radius 2 is 2.08 bits per heavy atom. The molecule has 1 aliphatic rings. The third kappa shape index (κ3) is 3.58. The van der Waals surface area contributed by atoms with Crippen LogP contribution >= 0.6 is 11.8 Å². The van der Waals surface area contributed by atoms with E-state index in [0.29, 0.717) is 5.16 Å². The maximum atomic E-state index is 12.7. The first-order chi connectivity index (χ1) is 12.6. The fourth-order valence-electron chi connectivity index (χ4n) is 3.34. The average molecular weight is 370 g/mol. The smallest absolute Gasteiger partial charge is 0.234 e. The molecule has 0 spiro atoms. The van der Waals surface area contributed by atoms with Gasteiger partial charge in [0, 0.05) is 7.05 Å². The number of para-hydroxylation sites is 1. The molecule has 1 aromatic carbocycles. The third-order valence-corrected chi connectivity index (χ3v) is 5.92. The molecule has 0 unspecified atom stereocenters. The van der Waals surface area contributed by atoms with E-state index in [1.807, 2.05) is 31.2 Å². The standard InChI is InChI=1S/C18H22N6OS/c1-14-8-4-5-9-15(14)24-17(20-21-22-24)26-12-16(25)23(2)18(13-19)10-6-3-7-11-18/h4-5,8-9H,3,6-7,10-12H2,1-2H3. The molecule has 0 saturated heterocycles. The third-order valence-electron chi connectivity index (χ3n) is 5.01. The van der Waals surface area contributed by atoms with Crippen molar-refractivity contribution in [3.8, 4) is 11.8 Å². The molecule has 1 amide bonds. The Hall–Kier alpha value is -2.40. The Morgan fingerprint density at radius 1 is 1.35 bits per heavy atom. The topological polar surface area (TPSA) is 87.7 Å². The highest BCUT2D eigenvalue weighted by atomic mass is 32.2. The molecule has 8 heteroatoms. The van der Waals surface area contributed by atoms with Gasteiger partial charge in [-0.3, -0.25) is 4.79 Å². The van der Waals surface area contributed by atoms with Gasteiger partial charge in [0.25, 0.3) is 0 Å². The number of nitriles is 1. The first kappa shape index (κ1) is 18.4. The number of nitrogens with zero attached hydrogens (tertiary/aromatic N) is 6. The second kappa shape index (κ2) is 7.87. The van der Waals surface area contributed by atoms with Crippen molar-refractivity contribution in [1.82, 2.24) is 25.1 Å². The number of carbonyl (C=O) groups excluding carboxylic acids is 1. The van der Waals surface area contributed by atoms with Crippen molar-refractivity contribution < 1.29 is 4.79 Å². The summed E-state index contributed by atoms with van der Waals surface area (Å²) in [4.78, 5) is 14.3. The van der Waals surface area contributed by atoms with Gasteiger partial charge < -0.3 is 4.90 Å². The van der Waals surface area contributed by atoms with Crippen molar-refractivity contribution in [3.05, 3.63) is 29.8 Å². The number of rotatable bonds is 5. The van der Waals surface area contributed by atoms with Gasteiger partial charge in [-0.1, -0.05) is 49.2 Å². The lowest BCUT2D eigenvalue weighted by Crippen LogP contribution is -2.50. The Morgan fingerprint density at radius 3 is 2.77 bits per heavy atom. The average Bonchev–Trinajstić information content (AvgIpc) is 3.14. The number of hydrogen-bond acceptors (Lipinski definition) is 6. The van der Waals surface area contributed by atoms with Crippen LogP contribution in [-0.4, -0.2) is 49.4 Å². The summed E-state index contributed by atoms with van der Waals surface area (Å²) in [6.07, 6.45) is 4.60. The van der Waals surface area contributed by atoms with Gasteiger partial charge in [-0.2, -0.15) is 9.94 Å². The molecule has 1 heterocycles. The summed E-state index contributed by atoms with van der Waals surface area (Å²) < 4.78 is 1.65. The zero-order valence-electron chi connectivity index (χ0n) is 15.1. The number of aromatic nitrogens is 4. The van der Waals surface area contributed by atoms with Crippen LogP contribution in [0.5, 0.6) is 0 Å². The monoisotopic (exact) mass is 370 g/mol. The molecule has 1 aliphatic carbocycles. The first-order valence-electron chi connectivity index (χ1n) is 8.72. The van der Waals surface area contributed by atoms with E-state index in [0.717, 1.165) is 43.4 Å². The van der Waals surface area contributed by atoms with Crippen LogP contribution in [0.4, 0.5) is 0 Å². The predicted octanol–water partition coefficient (Wildman–Crippen LogP) is 2.75. The molecule has 7 nitrogen and oxygen atoms in total. The van der Waals surface area contributed by atoms with Crippen LogP contribution in [0.3, 0.4) is 0 Å². The fourth-order valence-corrected chi connectivity index (χ4v) is 4.14. The summed E-state index contributed by atoms with van der Waals surface area (Å²) in [7, 11) is 1.74. The number of carbonyl (C=O) groups is 1. The van der Waals surface area contributed by atoms with E-state index < -0.39 is 5.54 Å². The Labute approximate surface area is 157 Å². The van der Waals surface area contributed by atoms with Gasteiger partial charge in [0.05, 0.1) is 17.5 Å². The van der Waals surface area contributed by atoms with Crippen molar-refractivity contribution in [2.24, 2.45) is 0 Å². The molecule has 0 radical (unpaired) electrons. The van der Waals surface area contributed by atoms with E-state index in [1.165, 1.54) is 11.8 Å². The van der Waals surface area contributed by atoms with Crippen LogP contribution in [0, 0.1) is 18.3 Å². The Kier molecular flexibility index (Phi) is 5.57. The quantitative estimate of drug-likeness (QED) is 0.752. The van der Waals surface area contributed by atoms with Crippen LogP contribution in [0.15, 0.2) is 29.4 Å². The van der Waals surface area contributed by atoms with Crippen molar-refractivity contribution >= 4 is 17.7 Å². The van der Waals surface area contributed by atoms with Gasteiger partial charge in [-0.05, 0) is 41.8 Å². The summed E-state index contributed by atoms with van der Waals surface area (Å²) in [5.74, 6) is 0.129. The lowest BCUT2D eigenvalue weighted by molar-refractivity contribution is -0.131. The van der Waals surface area contributed by atoms with Crippen LogP contribution in [0.2, 0.25) is 0 Å². The summed E-state index contributed by atoms with van der Waals surface area (Å²) in [6, 6.07) is 10.2. The highest BCUT2D eigenvalue weighted by Gasteiger charge is 2.38. The van der Waals surface area contributed by atoms with E-state index in [-0.39, 0.29) is 11.7 Å². The molecule has 26 heavy (non-hydrogen) atoms. The van der Waals surface area contributed by atoms with Crippen LogP contribution in [0.1, 0.15) is 37.7 Å². The van der Waals surface area contributed by atoms with Gasteiger partial charge in [0.15, 0.2) is 0 Å². The number of thioether (sulfide) groups is 1. The van der Waals surface area contributed by atoms with Crippen LogP contribution in [-0.2, 0) is 4.79 Å². The summed E-state index contributed by atoms with van der Waals surface area (Å²) in [5, 5.41) is 22.1. The lowest BCUT2D eigenvalue weighted by atomic mass is 9.81. The molecule has 0 aliphatic heterocycles. The Balaban J connectivity index is 1.70. The summed E-state index contributed by atoms with van der Waals surface area (Å²) >= 11 is 1.29. The Bertz CT molecular complexity index is 821. The molecule has 1 saturated carbocycles. The van der Waals surface area contributed by atoms with E-state index in [2.05, 4.69) is 21.6 Å². The van der Waals surface area contributed by atoms with Gasteiger partial charge in [0.1, 0.15) is 5.54 Å². The lowest BCUT2D eigenvalue weighted by Gasteiger charge is -2.39. The zero-order chi connectivity index (χ0) is 18.6. The van der Waals surface area contributed by atoms with Gasteiger partial charge >= 0.3 is 0 Å². The molecular weight excluding hydrogens is 348 g/mol. The SMILES string of the molecule is Cc1ccccc1-n1nnnc1SCC(=O)N(C)C1(C#N)CCCCC1. The highest BCUT2D eigenvalue weighted by molar-refractivity contribution is 7.99. The van der Waals surface area contributed by atoms with Gasteiger partial charge in [0.2, 0.25) is 11.1 Å². The van der Waals surface area contributed by atoms with Crippen molar-refractivity contribution in [3.63, 3.8) is 0 Å². The number of tetrazole rings is 1. The van der Waals surface area contributed by atoms with Crippen molar-refractivity contribution in [2.45, 2.75) is 49.7 Å². The van der Waals surface area contributed by atoms with E-state index in [4.69, 9.17) is 0 Å². The van der Waals surface area contributed by atoms with Gasteiger partial charge in [-0.15, -0.1) is 5.10 Å². The van der Waals surface area contributed by atoms with E-state index in [1.54, 1.807) is 16.6 Å². The number of hydrogen-bond donors (Lipinski definition) is 0. The largest absolute Gasteiger partial charge is 0.326 e. The van der Waals surface area contributed by atoms with Crippen molar-refractivity contribution in [2.75, 3.05) is 12.8 Å². The fraction of sp³-hybridized carbons (Fsp3) is 0.500. The maximum Gasteiger partial charge on any atom is 0.234 e. The summed E-state index contributed by atoms with van der Waals surface area (Å²) in [6.45, 7) is 1.99. The molecule has 0 bridgehead atoms. The normalized spacial score (nSPS) is 16.0. The van der Waals surface area contributed by atoms with E-state index >= 15 is 0 Å². The second-order valence-corrected chi connectivity index (χ2v) is 7.55. The zero-order valence-corrected chi connectivity index (χ0v) is 15.9. The number of aryl methyl sites for hydroxylation is 1. The molecule has 2 aromatic rings. The molecule has 1 fully saturated rings. The molecule has 136 valence electrons. The molecule has 0 atom stereocenters. The highest BCUT2D eigenvalue weighted by Crippen LogP contribution is 2.33. The minimum atomic E-state index is -0.669. The summed E-state index contributed by atoms with van der Waals surface area (Å²) in [5.41, 5.74) is 1.27. The maximum absolute atomic E-state index is 12.7. The predicted molar refractivity (Wildman–Crippen MR) is 98.8 cm³/mol. The molecule has 3 rings (SSSR count). The van der Waals surface area contributed by atoms with Crippen molar-refractivity contribution in [1.29, 1.82) is 5.26 Å². The second-order valence-electron chi connectivity index (χ2n) is 6.61. The van der Waals surface area contributed by atoms with Crippen LogP contribution in [0.25, 0.3) is 5.69 Å². The minimum absolute atomic E-state index is 0.0715. The van der Waals surface area contributed by atoms with Crippen LogP contribution < -0.4 is 0 Å². The molecule has 1 aromatic heterocycles. The first-order valence-corrected chi connectivity index (χ1v) is 9.71. The van der Waals surface area contributed by atoms with Gasteiger partial charge in [-0.25, -0.2) is 0 Å². The van der Waals surface area contributed by atoms with E-state index in [9.17, 15) is 10.1 Å².